The highest BCUT2D eigenvalue weighted by Gasteiger charge is 2.26. The van der Waals surface area contributed by atoms with Crippen molar-refractivity contribution in [2.45, 2.75) is 48.9 Å². The van der Waals surface area contributed by atoms with Crippen LogP contribution in [0.3, 0.4) is 0 Å². The number of nitrogens with two attached hydrogens (primary N) is 1. The van der Waals surface area contributed by atoms with Gasteiger partial charge in [0.2, 0.25) is 20.0 Å². The van der Waals surface area contributed by atoms with Crippen LogP contribution in [0.25, 0.3) is 0 Å². The van der Waals surface area contributed by atoms with Crippen LogP contribution in [-0.4, -0.2) is 45.4 Å². The van der Waals surface area contributed by atoms with E-state index < -0.39 is 32.6 Å². The van der Waals surface area contributed by atoms with Gasteiger partial charge in [0.25, 0.3) is 0 Å². The SMILES string of the molecule is CC(C)(C)c1ccc(S(=O)(=O)N(CCc2ccc(S(N)(=O)=O)cc2)Cc2cccc(OCC(=O)O)c2)cc1. The van der Waals surface area contributed by atoms with E-state index in [4.69, 9.17) is 15.0 Å². The number of sulfonamides is 2. The summed E-state index contributed by atoms with van der Waals surface area (Å²) in [6, 6.07) is 19.4. The van der Waals surface area contributed by atoms with Gasteiger partial charge in [0.1, 0.15) is 5.75 Å². The van der Waals surface area contributed by atoms with Gasteiger partial charge in [0, 0.05) is 13.1 Å². The lowest BCUT2D eigenvalue weighted by Crippen LogP contribution is -2.32. The van der Waals surface area contributed by atoms with Gasteiger partial charge < -0.3 is 9.84 Å². The number of benzene rings is 3. The molecular weight excluding hydrogens is 528 g/mol. The molecule has 0 aliphatic carbocycles. The third kappa shape index (κ3) is 7.87. The first-order valence-corrected chi connectivity index (χ1v) is 14.8. The van der Waals surface area contributed by atoms with Gasteiger partial charge in [0.05, 0.1) is 9.79 Å². The zero-order valence-electron chi connectivity index (χ0n) is 21.5. The number of nitrogens with zero attached hydrogens (tertiary/aromatic N) is 1. The van der Waals surface area contributed by atoms with Gasteiger partial charge in [-0.1, -0.05) is 57.2 Å². The molecule has 0 aliphatic heterocycles. The zero-order valence-corrected chi connectivity index (χ0v) is 23.1. The molecule has 0 atom stereocenters. The molecule has 0 saturated carbocycles. The lowest BCUT2D eigenvalue weighted by Gasteiger charge is -2.24. The molecule has 3 aromatic carbocycles. The molecule has 0 aromatic heterocycles. The lowest BCUT2D eigenvalue weighted by atomic mass is 9.87. The van der Waals surface area contributed by atoms with Gasteiger partial charge >= 0.3 is 5.97 Å². The van der Waals surface area contributed by atoms with Crippen molar-refractivity contribution in [3.05, 3.63) is 89.5 Å². The molecule has 0 amide bonds. The normalized spacial score (nSPS) is 12.4. The minimum Gasteiger partial charge on any atom is -0.482 e. The summed E-state index contributed by atoms with van der Waals surface area (Å²) in [4.78, 5) is 11.0. The average Bonchev–Trinajstić information content (AvgIpc) is 2.84. The predicted octanol–water partition coefficient (Wildman–Crippen LogP) is 3.53. The van der Waals surface area contributed by atoms with Crippen LogP contribution >= 0.6 is 0 Å². The molecule has 0 spiro atoms. The Morgan fingerprint density at radius 2 is 1.50 bits per heavy atom. The summed E-state index contributed by atoms with van der Waals surface area (Å²) in [6.07, 6.45) is 0.319. The Kier molecular flexibility index (Phi) is 8.98. The fourth-order valence-corrected chi connectivity index (χ4v) is 5.69. The van der Waals surface area contributed by atoms with Crippen molar-refractivity contribution in [3.8, 4) is 5.75 Å². The molecule has 204 valence electrons. The van der Waals surface area contributed by atoms with Gasteiger partial charge in [-0.25, -0.2) is 26.8 Å². The number of ether oxygens (including phenoxy) is 1. The van der Waals surface area contributed by atoms with Crippen molar-refractivity contribution in [1.82, 2.24) is 4.31 Å². The number of carbonyl (C=O) groups is 1. The van der Waals surface area contributed by atoms with E-state index in [2.05, 4.69) is 0 Å². The highest BCUT2D eigenvalue weighted by atomic mass is 32.2. The van der Waals surface area contributed by atoms with Crippen molar-refractivity contribution in [1.29, 1.82) is 0 Å². The summed E-state index contributed by atoms with van der Waals surface area (Å²) in [6.45, 7) is 5.75. The zero-order chi connectivity index (χ0) is 28.1. The molecule has 3 aromatic rings. The van der Waals surface area contributed by atoms with E-state index in [1.165, 1.54) is 16.4 Å². The molecule has 0 radical (unpaired) electrons. The Morgan fingerprint density at radius 3 is 2.05 bits per heavy atom. The van der Waals surface area contributed by atoms with E-state index in [1.807, 2.05) is 20.8 Å². The van der Waals surface area contributed by atoms with Gasteiger partial charge in [0.15, 0.2) is 6.61 Å². The molecule has 0 fully saturated rings. The molecule has 0 heterocycles. The smallest absolute Gasteiger partial charge is 0.341 e. The predicted molar refractivity (Wildman–Crippen MR) is 144 cm³/mol. The van der Waals surface area contributed by atoms with Crippen molar-refractivity contribution in [2.24, 2.45) is 5.14 Å². The Morgan fingerprint density at radius 1 is 0.895 bits per heavy atom. The van der Waals surface area contributed by atoms with E-state index in [-0.39, 0.29) is 28.3 Å². The van der Waals surface area contributed by atoms with E-state index in [1.54, 1.807) is 60.7 Å². The number of hydrogen-bond donors (Lipinski definition) is 2. The summed E-state index contributed by atoms with van der Waals surface area (Å²) in [7, 11) is -7.75. The Hall–Kier alpha value is -3.25. The third-order valence-electron chi connectivity index (χ3n) is 5.88. The van der Waals surface area contributed by atoms with Crippen LogP contribution in [0.15, 0.2) is 82.6 Å². The molecule has 3 N–H and O–H groups in total. The van der Waals surface area contributed by atoms with Crippen LogP contribution in [-0.2, 0) is 43.2 Å². The first kappa shape index (κ1) is 29.3. The maximum absolute atomic E-state index is 13.7. The van der Waals surface area contributed by atoms with Crippen LogP contribution in [0.5, 0.6) is 5.75 Å². The Bertz CT molecular complexity index is 1480. The van der Waals surface area contributed by atoms with Crippen molar-refractivity contribution in [2.75, 3.05) is 13.2 Å². The van der Waals surface area contributed by atoms with Gasteiger partial charge in [-0.2, -0.15) is 4.31 Å². The monoisotopic (exact) mass is 560 g/mol. The second-order valence-electron chi connectivity index (χ2n) is 9.88. The minimum atomic E-state index is -3.92. The molecular formula is C27H32N2O7S2. The molecule has 0 unspecified atom stereocenters. The van der Waals surface area contributed by atoms with Gasteiger partial charge in [-0.15, -0.1) is 0 Å². The molecule has 9 nitrogen and oxygen atoms in total. The average molecular weight is 561 g/mol. The topological polar surface area (TPSA) is 144 Å². The van der Waals surface area contributed by atoms with Crippen molar-refractivity contribution < 1.29 is 31.5 Å². The fraction of sp³-hybridized carbons (Fsp3) is 0.296. The largest absolute Gasteiger partial charge is 0.482 e. The van der Waals surface area contributed by atoms with Crippen LogP contribution in [0.1, 0.15) is 37.5 Å². The number of carboxylic acid groups (broad SMARTS) is 1. The highest BCUT2D eigenvalue weighted by Crippen LogP contribution is 2.26. The standard InChI is InChI=1S/C27H32N2O7S2/c1-27(2,3)22-9-13-25(14-10-22)38(34,35)29(16-15-20-7-11-24(12-8-20)37(28,32)33)18-21-5-4-6-23(17-21)36-19-26(30)31/h4-14,17H,15-16,18-19H2,1-3H3,(H,30,31)(H2,28,32,33). The second kappa shape index (κ2) is 11.6. The summed E-state index contributed by atoms with van der Waals surface area (Å²) in [5.41, 5.74) is 2.22. The van der Waals surface area contributed by atoms with Gasteiger partial charge in [-0.3, -0.25) is 0 Å². The molecule has 0 bridgehead atoms. The number of carboxylic acids is 1. The fourth-order valence-electron chi connectivity index (χ4n) is 3.74. The van der Waals surface area contributed by atoms with Crippen LogP contribution < -0.4 is 9.88 Å². The number of rotatable bonds is 11. The van der Waals surface area contributed by atoms with Crippen molar-refractivity contribution in [3.63, 3.8) is 0 Å². The number of aliphatic carboxylic acids is 1. The Balaban J connectivity index is 1.90. The van der Waals surface area contributed by atoms with Crippen LogP contribution in [0.2, 0.25) is 0 Å². The van der Waals surface area contributed by atoms with Crippen molar-refractivity contribution >= 4 is 26.0 Å². The van der Waals surface area contributed by atoms with E-state index >= 15 is 0 Å². The summed E-state index contributed by atoms with van der Waals surface area (Å²) < 4.78 is 57.1. The summed E-state index contributed by atoms with van der Waals surface area (Å²) in [5, 5.41) is 14.0. The van der Waals surface area contributed by atoms with E-state index in [9.17, 15) is 21.6 Å². The van der Waals surface area contributed by atoms with Crippen LogP contribution in [0.4, 0.5) is 0 Å². The third-order valence-corrected chi connectivity index (χ3v) is 8.67. The maximum atomic E-state index is 13.7. The minimum absolute atomic E-state index is 0.0168. The quantitative estimate of drug-likeness (QED) is 0.365. The number of primary sulfonamides is 1. The molecule has 3 rings (SSSR count). The molecule has 0 aliphatic rings. The summed E-state index contributed by atoms with van der Waals surface area (Å²) >= 11 is 0. The first-order valence-electron chi connectivity index (χ1n) is 11.8. The van der Waals surface area contributed by atoms with E-state index in [0.717, 1.165) is 11.1 Å². The highest BCUT2D eigenvalue weighted by molar-refractivity contribution is 7.89. The summed E-state index contributed by atoms with van der Waals surface area (Å²) in [5.74, 6) is -0.804. The Labute approximate surface area is 224 Å². The first-order chi connectivity index (χ1) is 17.7. The maximum Gasteiger partial charge on any atom is 0.341 e. The lowest BCUT2D eigenvalue weighted by molar-refractivity contribution is -0.139. The molecule has 0 saturated heterocycles. The van der Waals surface area contributed by atoms with Gasteiger partial charge in [-0.05, 0) is 64.9 Å². The molecule has 11 heteroatoms. The number of hydrogen-bond acceptors (Lipinski definition) is 6. The molecule has 38 heavy (non-hydrogen) atoms. The second-order valence-corrected chi connectivity index (χ2v) is 13.4. The van der Waals surface area contributed by atoms with Crippen LogP contribution in [0, 0.1) is 0 Å². The van der Waals surface area contributed by atoms with E-state index in [0.29, 0.717) is 17.7 Å².